The molecule has 0 atom stereocenters. The average Bonchev–Trinajstić information content (AvgIpc) is 3.18. The number of fused-ring (bicyclic) bond motifs is 1. The minimum Gasteiger partial charge on any atom is -0.309 e. The van der Waals surface area contributed by atoms with Crippen LogP contribution in [0.5, 0.6) is 0 Å². The van der Waals surface area contributed by atoms with Crippen LogP contribution >= 0.6 is 12.6 Å². The van der Waals surface area contributed by atoms with Gasteiger partial charge in [-0.25, -0.2) is 4.98 Å². The van der Waals surface area contributed by atoms with Crippen LogP contribution < -0.4 is 9.80 Å². The number of anilines is 6. The van der Waals surface area contributed by atoms with Gasteiger partial charge in [-0.1, -0.05) is 103 Å². The second-order valence-corrected chi connectivity index (χ2v) is 13.7. The number of para-hydroxylation sites is 2. The monoisotopic (exact) mass is 689 g/mol. The van der Waals surface area contributed by atoms with Gasteiger partial charge >= 0.3 is 0 Å². The van der Waals surface area contributed by atoms with Crippen molar-refractivity contribution in [2.75, 3.05) is 9.80 Å². The van der Waals surface area contributed by atoms with Gasteiger partial charge in [0.1, 0.15) is 5.82 Å². The molecule has 0 unspecified atom stereocenters. The van der Waals surface area contributed by atoms with Crippen molar-refractivity contribution in [3.63, 3.8) is 0 Å². The van der Waals surface area contributed by atoms with Gasteiger partial charge < -0.3 is 4.90 Å². The van der Waals surface area contributed by atoms with E-state index in [4.69, 9.17) is 17.6 Å². The van der Waals surface area contributed by atoms with E-state index in [0.29, 0.717) is 0 Å². The van der Waals surface area contributed by atoms with Crippen LogP contribution in [-0.4, -0.2) is 4.98 Å². The fourth-order valence-electron chi connectivity index (χ4n) is 7.05. The molecule has 0 aliphatic carbocycles. The molecule has 0 bridgehead atoms. The molecule has 52 heavy (non-hydrogen) atoms. The first-order valence-electron chi connectivity index (χ1n) is 17.6. The molecule has 3 nitrogen and oxygen atoms in total. The molecule has 0 saturated heterocycles. The van der Waals surface area contributed by atoms with Crippen molar-refractivity contribution < 1.29 is 0 Å². The minimum atomic E-state index is 0.870. The SMILES string of the molecule is Cc1cc(-c2ccccc2)ccc1N(c1ccc2nc(N(c3ccccc3C)c3ccc(-c4ccccc4)cc3C)ccc2c1)c1ccccc1S. The zero-order valence-corrected chi connectivity index (χ0v) is 30.4. The highest BCUT2D eigenvalue weighted by Crippen LogP contribution is 2.43. The van der Waals surface area contributed by atoms with E-state index in [-0.39, 0.29) is 0 Å². The maximum Gasteiger partial charge on any atom is 0.138 e. The van der Waals surface area contributed by atoms with Gasteiger partial charge in [0.2, 0.25) is 0 Å². The summed E-state index contributed by atoms with van der Waals surface area (Å²) in [5.41, 5.74) is 14.6. The van der Waals surface area contributed by atoms with Crippen LogP contribution in [0.25, 0.3) is 33.2 Å². The van der Waals surface area contributed by atoms with Crippen LogP contribution in [0.2, 0.25) is 0 Å². The Kier molecular flexibility index (Phi) is 9.07. The Morgan fingerprint density at radius 1 is 0.404 bits per heavy atom. The second-order valence-electron chi connectivity index (χ2n) is 13.2. The average molecular weight is 690 g/mol. The van der Waals surface area contributed by atoms with E-state index >= 15 is 0 Å². The highest BCUT2D eigenvalue weighted by molar-refractivity contribution is 7.80. The summed E-state index contributed by atoms with van der Waals surface area (Å²) < 4.78 is 0. The molecule has 252 valence electrons. The molecule has 0 aliphatic heterocycles. The lowest BCUT2D eigenvalue weighted by atomic mass is 10.0. The number of nitrogens with zero attached hydrogens (tertiary/aromatic N) is 3. The van der Waals surface area contributed by atoms with Crippen LogP contribution in [0.3, 0.4) is 0 Å². The highest BCUT2D eigenvalue weighted by atomic mass is 32.1. The zero-order chi connectivity index (χ0) is 35.6. The Morgan fingerprint density at radius 2 is 0.942 bits per heavy atom. The quantitative estimate of drug-likeness (QED) is 0.160. The Bertz CT molecular complexity index is 2350. The van der Waals surface area contributed by atoms with Crippen LogP contribution in [0.15, 0.2) is 181 Å². The largest absolute Gasteiger partial charge is 0.309 e. The first-order valence-corrected chi connectivity index (χ1v) is 18.1. The van der Waals surface area contributed by atoms with Crippen LogP contribution in [0, 0.1) is 20.8 Å². The summed E-state index contributed by atoms with van der Waals surface area (Å²) in [5.74, 6) is 0.870. The third-order valence-electron chi connectivity index (χ3n) is 9.71. The predicted octanol–water partition coefficient (Wildman–Crippen LogP) is 13.7. The topological polar surface area (TPSA) is 19.4 Å². The summed E-state index contributed by atoms with van der Waals surface area (Å²) in [4.78, 5) is 10.8. The molecule has 0 saturated carbocycles. The lowest BCUT2D eigenvalue weighted by Crippen LogP contribution is -2.14. The van der Waals surface area contributed by atoms with Gasteiger partial charge in [0.05, 0.1) is 22.6 Å². The van der Waals surface area contributed by atoms with E-state index in [1.807, 2.05) is 12.1 Å². The van der Waals surface area contributed by atoms with Crippen LogP contribution in [-0.2, 0) is 0 Å². The fraction of sp³-hybridized carbons (Fsp3) is 0.0625. The first kappa shape index (κ1) is 33.1. The zero-order valence-electron chi connectivity index (χ0n) is 29.5. The van der Waals surface area contributed by atoms with Gasteiger partial charge in [-0.3, -0.25) is 4.90 Å². The lowest BCUT2D eigenvalue weighted by Gasteiger charge is -2.29. The molecule has 1 aromatic heterocycles. The van der Waals surface area contributed by atoms with E-state index < -0.39 is 0 Å². The van der Waals surface area contributed by atoms with E-state index in [2.05, 4.69) is 194 Å². The van der Waals surface area contributed by atoms with E-state index in [9.17, 15) is 0 Å². The number of benzene rings is 7. The maximum absolute atomic E-state index is 5.31. The number of aryl methyl sites for hydroxylation is 3. The number of hydrogen-bond donors (Lipinski definition) is 1. The van der Waals surface area contributed by atoms with E-state index in [1.54, 1.807) is 0 Å². The lowest BCUT2D eigenvalue weighted by molar-refractivity contribution is 1.17. The van der Waals surface area contributed by atoms with Gasteiger partial charge in [-0.15, -0.1) is 12.6 Å². The third kappa shape index (κ3) is 6.45. The summed E-state index contributed by atoms with van der Waals surface area (Å²) in [5, 5.41) is 1.06. The molecule has 7 aromatic carbocycles. The summed E-state index contributed by atoms with van der Waals surface area (Å²) in [6.45, 7) is 6.52. The van der Waals surface area contributed by atoms with Crippen molar-refractivity contribution in [2.45, 2.75) is 25.7 Å². The van der Waals surface area contributed by atoms with Crippen molar-refractivity contribution in [1.82, 2.24) is 4.98 Å². The second kappa shape index (κ2) is 14.3. The van der Waals surface area contributed by atoms with Gasteiger partial charge in [0.15, 0.2) is 0 Å². The Balaban J connectivity index is 1.22. The van der Waals surface area contributed by atoms with Gasteiger partial charge in [0.25, 0.3) is 0 Å². The molecule has 0 aliphatic rings. The van der Waals surface area contributed by atoms with Crippen molar-refractivity contribution in [2.24, 2.45) is 0 Å². The smallest absolute Gasteiger partial charge is 0.138 e. The third-order valence-corrected chi connectivity index (χ3v) is 10.1. The van der Waals surface area contributed by atoms with Crippen LogP contribution in [0.4, 0.5) is 34.3 Å². The fourth-order valence-corrected chi connectivity index (χ4v) is 7.31. The Morgan fingerprint density at radius 3 is 1.54 bits per heavy atom. The molecule has 0 spiro atoms. The summed E-state index contributed by atoms with van der Waals surface area (Å²) >= 11 is 4.91. The van der Waals surface area contributed by atoms with Crippen molar-refractivity contribution >= 4 is 57.8 Å². The van der Waals surface area contributed by atoms with Crippen molar-refractivity contribution in [3.8, 4) is 22.3 Å². The van der Waals surface area contributed by atoms with Crippen molar-refractivity contribution in [1.29, 1.82) is 0 Å². The number of pyridine rings is 1. The van der Waals surface area contributed by atoms with Gasteiger partial charge in [-0.05, 0) is 133 Å². The molecular formula is C48H39N3S. The molecular weight excluding hydrogens is 651 g/mol. The minimum absolute atomic E-state index is 0.870. The molecule has 0 radical (unpaired) electrons. The van der Waals surface area contributed by atoms with Gasteiger partial charge in [0, 0.05) is 21.7 Å². The number of rotatable bonds is 8. The van der Waals surface area contributed by atoms with Crippen LogP contribution in [0.1, 0.15) is 16.7 Å². The normalized spacial score (nSPS) is 11.1. The first-order chi connectivity index (χ1) is 25.4. The van der Waals surface area contributed by atoms with Gasteiger partial charge in [-0.2, -0.15) is 0 Å². The van der Waals surface area contributed by atoms with Crippen molar-refractivity contribution in [3.05, 3.63) is 193 Å². The molecule has 8 rings (SSSR count). The maximum atomic E-state index is 5.31. The molecule has 8 aromatic rings. The highest BCUT2D eigenvalue weighted by Gasteiger charge is 2.21. The van der Waals surface area contributed by atoms with E-state index in [0.717, 1.165) is 50.1 Å². The summed E-state index contributed by atoms with van der Waals surface area (Å²) in [6, 6.07) is 62.1. The molecule has 0 amide bonds. The number of thiol groups is 1. The standard InChI is InChI=1S/C48H39N3S/c1-33-14-10-11-19-43(33)51(45-28-23-39(31-35(45)3)37-17-8-5-9-18-37)48-29-24-40-32-41(25-26-42(40)49-48)50(46-20-12-13-21-47(46)52)44-27-22-38(30-34(44)2)36-15-6-4-7-16-36/h4-32,52H,1-3H3. The van der Waals surface area contributed by atoms with E-state index in [1.165, 1.54) is 38.9 Å². The summed E-state index contributed by atoms with van der Waals surface area (Å²) in [7, 11) is 0. The number of hydrogen-bond acceptors (Lipinski definition) is 4. The molecule has 0 fully saturated rings. The molecule has 4 heteroatoms. The Hall–Kier alpha value is -6.10. The molecule has 1 heterocycles. The predicted molar refractivity (Wildman–Crippen MR) is 223 cm³/mol. The Labute approximate surface area is 311 Å². The number of aromatic nitrogens is 1. The summed E-state index contributed by atoms with van der Waals surface area (Å²) in [6.07, 6.45) is 0. The molecule has 0 N–H and O–H groups in total.